The summed E-state index contributed by atoms with van der Waals surface area (Å²) in [7, 11) is 0. The predicted octanol–water partition coefficient (Wildman–Crippen LogP) is 8.74. The normalized spacial score (nSPS) is 26.3. The van der Waals surface area contributed by atoms with Crippen LogP contribution in [0.3, 0.4) is 0 Å². The molecule has 0 bridgehead atoms. The molecule has 2 aromatic carbocycles. The summed E-state index contributed by atoms with van der Waals surface area (Å²) in [6, 6.07) is 14.7. The fourth-order valence-corrected chi connectivity index (χ4v) is 5.84. The van der Waals surface area contributed by atoms with E-state index in [0.717, 1.165) is 28.9 Å². The third kappa shape index (κ3) is 5.84. The number of ether oxygens (including phenoxy) is 1. The van der Waals surface area contributed by atoms with E-state index in [1.807, 2.05) is 0 Å². The molecule has 2 fully saturated rings. The highest BCUT2D eigenvalue weighted by Gasteiger charge is 2.35. The standard InChI is InChI=1S/C27H33F3O/c1-2-3-4-19-5-6-25-18-24(12-11-23(25)17-19)22-9-7-20(8-10-22)21-13-15-26(16-14-21)31-27(28,29)30/h7-10,13-16,19,23-25H,2-6,11-12,17-18H2,1H3/t19?,23-,24-,25-/m1/s1. The molecule has 4 heteroatoms. The molecule has 0 N–H and O–H groups in total. The summed E-state index contributed by atoms with van der Waals surface area (Å²) in [6.07, 6.45) is 7.69. The Morgan fingerprint density at radius 1 is 0.806 bits per heavy atom. The van der Waals surface area contributed by atoms with Gasteiger partial charge >= 0.3 is 6.36 Å². The zero-order valence-electron chi connectivity index (χ0n) is 18.3. The van der Waals surface area contributed by atoms with E-state index >= 15 is 0 Å². The number of halogens is 3. The number of hydrogen-bond acceptors (Lipinski definition) is 1. The maximum absolute atomic E-state index is 12.3. The Morgan fingerprint density at radius 2 is 1.42 bits per heavy atom. The van der Waals surface area contributed by atoms with Gasteiger partial charge in [0.15, 0.2) is 0 Å². The molecule has 1 unspecified atom stereocenters. The van der Waals surface area contributed by atoms with Crippen molar-refractivity contribution in [1.29, 1.82) is 0 Å². The predicted molar refractivity (Wildman–Crippen MR) is 119 cm³/mol. The molecule has 0 saturated heterocycles. The quantitative estimate of drug-likeness (QED) is 0.445. The van der Waals surface area contributed by atoms with Crippen molar-refractivity contribution in [2.45, 2.75) is 77.0 Å². The van der Waals surface area contributed by atoms with Gasteiger partial charge < -0.3 is 4.74 Å². The zero-order chi connectivity index (χ0) is 21.8. The lowest BCUT2D eigenvalue weighted by molar-refractivity contribution is -0.274. The van der Waals surface area contributed by atoms with E-state index < -0.39 is 6.36 Å². The SMILES string of the molecule is CCCCC1CC[C@@H]2C[C@H](c3ccc(-c4ccc(OC(F)(F)F)cc4)cc3)CC[C@@H]2C1. The van der Waals surface area contributed by atoms with Crippen LogP contribution in [0.1, 0.15) is 76.2 Å². The van der Waals surface area contributed by atoms with Crippen molar-refractivity contribution in [2.24, 2.45) is 17.8 Å². The Bertz CT molecular complexity index is 825. The van der Waals surface area contributed by atoms with Crippen LogP contribution in [0.2, 0.25) is 0 Å². The number of hydrogen-bond donors (Lipinski definition) is 0. The van der Waals surface area contributed by atoms with Crippen LogP contribution >= 0.6 is 0 Å². The van der Waals surface area contributed by atoms with Crippen LogP contribution in [0.4, 0.5) is 13.2 Å². The van der Waals surface area contributed by atoms with Crippen LogP contribution in [-0.2, 0) is 0 Å². The van der Waals surface area contributed by atoms with Gasteiger partial charge in [-0.2, -0.15) is 0 Å². The Labute approximate surface area is 184 Å². The minimum atomic E-state index is -4.66. The van der Waals surface area contributed by atoms with E-state index in [1.165, 1.54) is 75.5 Å². The topological polar surface area (TPSA) is 9.23 Å². The molecule has 2 aliphatic carbocycles. The van der Waals surface area contributed by atoms with E-state index in [0.29, 0.717) is 5.92 Å². The number of alkyl halides is 3. The van der Waals surface area contributed by atoms with Gasteiger partial charge in [-0.05, 0) is 84.6 Å². The van der Waals surface area contributed by atoms with Crippen LogP contribution in [0.15, 0.2) is 48.5 Å². The molecule has 0 spiro atoms. The Hall–Kier alpha value is -1.97. The molecule has 0 aromatic heterocycles. The van der Waals surface area contributed by atoms with Gasteiger partial charge in [0.1, 0.15) is 5.75 Å². The van der Waals surface area contributed by atoms with Crippen LogP contribution in [-0.4, -0.2) is 6.36 Å². The molecule has 0 amide bonds. The van der Waals surface area contributed by atoms with Crippen LogP contribution in [0, 0.1) is 17.8 Å². The first-order valence-electron chi connectivity index (χ1n) is 11.9. The van der Waals surface area contributed by atoms with Crippen molar-refractivity contribution in [3.05, 3.63) is 54.1 Å². The summed E-state index contributed by atoms with van der Waals surface area (Å²) in [5.41, 5.74) is 3.33. The van der Waals surface area contributed by atoms with Gasteiger partial charge in [-0.1, -0.05) is 69.0 Å². The highest BCUT2D eigenvalue weighted by atomic mass is 19.4. The summed E-state index contributed by atoms with van der Waals surface area (Å²) in [6.45, 7) is 2.29. The average molecular weight is 431 g/mol. The second-order valence-corrected chi connectivity index (χ2v) is 9.55. The molecule has 4 rings (SSSR count). The Kier molecular flexibility index (Phi) is 6.93. The van der Waals surface area contributed by atoms with Gasteiger partial charge in [-0.15, -0.1) is 13.2 Å². The fraction of sp³-hybridized carbons (Fsp3) is 0.556. The fourth-order valence-electron chi connectivity index (χ4n) is 5.84. The molecule has 168 valence electrons. The van der Waals surface area contributed by atoms with Crippen LogP contribution in [0.5, 0.6) is 5.75 Å². The van der Waals surface area contributed by atoms with Crippen molar-refractivity contribution in [1.82, 2.24) is 0 Å². The molecule has 0 aliphatic heterocycles. The smallest absolute Gasteiger partial charge is 0.406 e. The third-order valence-corrected chi connectivity index (χ3v) is 7.49. The van der Waals surface area contributed by atoms with Gasteiger partial charge in [0, 0.05) is 0 Å². The van der Waals surface area contributed by atoms with Crippen LogP contribution < -0.4 is 4.74 Å². The van der Waals surface area contributed by atoms with E-state index in [9.17, 15) is 13.2 Å². The van der Waals surface area contributed by atoms with Crippen molar-refractivity contribution in [3.63, 3.8) is 0 Å². The number of unbranched alkanes of at least 4 members (excludes halogenated alkanes) is 1. The Balaban J connectivity index is 1.35. The first kappa shape index (κ1) is 22.2. The van der Waals surface area contributed by atoms with Gasteiger partial charge in [-0.3, -0.25) is 0 Å². The molecular weight excluding hydrogens is 397 g/mol. The lowest BCUT2D eigenvalue weighted by atomic mass is 9.63. The summed E-state index contributed by atoms with van der Waals surface area (Å²) in [5.74, 6) is 3.24. The number of benzene rings is 2. The molecule has 0 radical (unpaired) electrons. The maximum Gasteiger partial charge on any atom is 0.573 e. The summed E-state index contributed by atoms with van der Waals surface area (Å²) < 4.78 is 41.0. The summed E-state index contributed by atoms with van der Waals surface area (Å²) >= 11 is 0. The Morgan fingerprint density at radius 3 is 2.06 bits per heavy atom. The lowest BCUT2D eigenvalue weighted by Gasteiger charge is -2.42. The van der Waals surface area contributed by atoms with Gasteiger partial charge in [0.2, 0.25) is 0 Å². The molecule has 1 nitrogen and oxygen atoms in total. The van der Waals surface area contributed by atoms with E-state index in [-0.39, 0.29) is 5.75 Å². The van der Waals surface area contributed by atoms with E-state index in [1.54, 1.807) is 12.1 Å². The molecule has 0 heterocycles. The largest absolute Gasteiger partial charge is 0.573 e. The lowest BCUT2D eigenvalue weighted by Crippen LogP contribution is -2.30. The van der Waals surface area contributed by atoms with E-state index in [2.05, 4.69) is 35.9 Å². The second-order valence-electron chi connectivity index (χ2n) is 9.55. The monoisotopic (exact) mass is 430 g/mol. The second kappa shape index (κ2) is 9.67. The minimum Gasteiger partial charge on any atom is -0.406 e. The van der Waals surface area contributed by atoms with E-state index in [4.69, 9.17) is 0 Å². The highest BCUT2D eigenvalue weighted by Crippen LogP contribution is 2.48. The van der Waals surface area contributed by atoms with Crippen molar-refractivity contribution >= 4 is 0 Å². The number of fused-ring (bicyclic) bond motifs is 1. The highest BCUT2D eigenvalue weighted by molar-refractivity contribution is 5.64. The first-order chi connectivity index (χ1) is 14.9. The zero-order valence-corrected chi connectivity index (χ0v) is 18.3. The van der Waals surface area contributed by atoms with Crippen molar-refractivity contribution in [2.75, 3.05) is 0 Å². The summed E-state index contributed by atoms with van der Waals surface area (Å²) in [5, 5.41) is 0. The average Bonchev–Trinajstić information content (AvgIpc) is 2.77. The minimum absolute atomic E-state index is 0.186. The molecular formula is C27H33F3O. The van der Waals surface area contributed by atoms with Crippen molar-refractivity contribution < 1.29 is 17.9 Å². The molecule has 2 saturated carbocycles. The van der Waals surface area contributed by atoms with Crippen molar-refractivity contribution in [3.8, 4) is 16.9 Å². The van der Waals surface area contributed by atoms with Gasteiger partial charge in [-0.25, -0.2) is 0 Å². The first-order valence-corrected chi connectivity index (χ1v) is 11.9. The summed E-state index contributed by atoms with van der Waals surface area (Å²) in [4.78, 5) is 0. The number of rotatable bonds is 6. The molecule has 4 atom stereocenters. The van der Waals surface area contributed by atoms with Gasteiger partial charge in [0.05, 0.1) is 0 Å². The third-order valence-electron chi connectivity index (χ3n) is 7.49. The molecule has 2 aromatic rings. The van der Waals surface area contributed by atoms with Crippen LogP contribution in [0.25, 0.3) is 11.1 Å². The van der Waals surface area contributed by atoms with Gasteiger partial charge in [0.25, 0.3) is 0 Å². The maximum atomic E-state index is 12.3. The molecule has 2 aliphatic rings. The molecule has 31 heavy (non-hydrogen) atoms.